The van der Waals surface area contributed by atoms with Crippen LogP contribution in [-0.2, 0) is 19.5 Å². The van der Waals surface area contributed by atoms with Crippen molar-refractivity contribution in [3.63, 3.8) is 0 Å². The standard InChI is InChI=1S/C24H24F3N5OS/c25-16-10-20(27)21(28-11-16)12-29-23(33)22-13-30-24(34-22)31-8-5-17(6-9-31)32-7-4-15-2-1-3-19(26)18(15)14-32/h1-3,10-11,13,17H,4-9,12,14H2,(H,29,33). The van der Waals surface area contributed by atoms with Gasteiger partial charge in [0.2, 0.25) is 0 Å². The maximum Gasteiger partial charge on any atom is 0.263 e. The summed E-state index contributed by atoms with van der Waals surface area (Å²) in [6.45, 7) is 3.07. The van der Waals surface area contributed by atoms with Crippen molar-refractivity contribution < 1.29 is 18.0 Å². The van der Waals surface area contributed by atoms with Crippen LogP contribution in [0.4, 0.5) is 18.3 Å². The number of aromatic nitrogens is 2. The maximum atomic E-state index is 14.2. The summed E-state index contributed by atoms with van der Waals surface area (Å²) in [4.78, 5) is 25.5. The van der Waals surface area contributed by atoms with E-state index in [1.807, 2.05) is 6.07 Å². The number of carbonyl (C=O) groups excluding carboxylic acids is 1. The van der Waals surface area contributed by atoms with Crippen LogP contribution in [0.2, 0.25) is 0 Å². The Morgan fingerprint density at radius 3 is 2.71 bits per heavy atom. The second-order valence-electron chi connectivity index (χ2n) is 8.59. The lowest BCUT2D eigenvalue weighted by atomic mass is 9.95. The van der Waals surface area contributed by atoms with Crippen molar-refractivity contribution in [1.82, 2.24) is 20.2 Å². The fraction of sp³-hybridized carbons (Fsp3) is 0.375. The molecule has 3 aromatic rings. The van der Waals surface area contributed by atoms with Gasteiger partial charge in [0.25, 0.3) is 5.91 Å². The van der Waals surface area contributed by atoms with Gasteiger partial charge in [-0.15, -0.1) is 0 Å². The highest BCUT2D eigenvalue weighted by atomic mass is 32.1. The number of piperidine rings is 1. The average Bonchev–Trinajstić information content (AvgIpc) is 3.34. The molecule has 1 amide bonds. The highest BCUT2D eigenvalue weighted by molar-refractivity contribution is 7.17. The van der Waals surface area contributed by atoms with E-state index in [0.29, 0.717) is 17.5 Å². The molecule has 10 heteroatoms. The first-order chi connectivity index (χ1) is 16.5. The van der Waals surface area contributed by atoms with Crippen molar-refractivity contribution in [2.24, 2.45) is 0 Å². The van der Waals surface area contributed by atoms with Crippen LogP contribution in [0.3, 0.4) is 0 Å². The first-order valence-electron chi connectivity index (χ1n) is 11.3. The second-order valence-corrected chi connectivity index (χ2v) is 9.60. The molecule has 2 aliphatic rings. The lowest BCUT2D eigenvalue weighted by Crippen LogP contribution is -2.46. The van der Waals surface area contributed by atoms with Gasteiger partial charge in [-0.05, 0) is 30.9 Å². The average molecular weight is 488 g/mol. The van der Waals surface area contributed by atoms with Crippen LogP contribution in [0.1, 0.15) is 39.3 Å². The van der Waals surface area contributed by atoms with Crippen molar-refractivity contribution >= 4 is 22.4 Å². The first kappa shape index (κ1) is 22.8. The van der Waals surface area contributed by atoms with Crippen LogP contribution in [0.15, 0.2) is 36.7 Å². The number of carbonyl (C=O) groups is 1. The molecule has 0 unspecified atom stereocenters. The van der Waals surface area contributed by atoms with Crippen molar-refractivity contribution in [2.75, 3.05) is 24.5 Å². The lowest BCUT2D eigenvalue weighted by Gasteiger charge is -2.40. The number of hydrogen-bond donors (Lipinski definition) is 1. The van der Waals surface area contributed by atoms with Crippen LogP contribution >= 0.6 is 11.3 Å². The molecule has 1 N–H and O–H groups in total. The third-order valence-electron chi connectivity index (χ3n) is 6.51. The highest BCUT2D eigenvalue weighted by Crippen LogP contribution is 2.30. The molecule has 34 heavy (non-hydrogen) atoms. The third-order valence-corrected chi connectivity index (χ3v) is 7.57. The summed E-state index contributed by atoms with van der Waals surface area (Å²) in [6, 6.07) is 6.46. The number of rotatable bonds is 5. The lowest BCUT2D eigenvalue weighted by molar-refractivity contribution is 0.0954. The summed E-state index contributed by atoms with van der Waals surface area (Å²) in [5.74, 6) is -2.06. The van der Waals surface area contributed by atoms with E-state index >= 15 is 0 Å². The van der Waals surface area contributed by atoms with E-state index in [4.69, 9.17) is 0 Å². The zero-order valence-corrected chi connectivity index (χ0v) is 19.3. The number of amides is 1. The third kappa shape index (κ3) is 4.78. The maximum absolute atomic E-state index is 14.2. The Bertz CT molecular complexity index is 1200. The van der Waals surface area contributed by atoms with E-state index in [1.54, 1.807) is 6.07 Å². The summed E-state index contributed by atoms with van der Waals surface area (Å²) in [5.41, 5.74) is 1.91. The topological polar surface area (TPSA) is 61.4 Å². The minimum absolute atomic E-state index is 0.0261. The number of pyridine rings is 1. The Morgan fingerprint density at radius 1 is 1.09 bits per heavy atom. The van der Waals surface area contributed by atoms with E-state index in [-0.39, 0.29) is 24.0 Å². The zero-order valence-electron chi connectivity index (χ0n) is 18.4. The highest BCUT2D eigenvalue weighted by Gasteiger charge is 2.29. The quantitative estimate of drug-likeness (QED) is 0.591. The monoisotopic (exact) mass is 487 g/mol. The predicted molar refractivity (Wildman–Crippen MR) is 123 cm³/mol. The van der Waals surface area contributed by atoms with Crippen LogP contribution in [0.25, 0.3) is 0 Å². The van der Waals surface area contributed by atoms with Gasteiger partial charge in [-0.25, -0.2) is 18.2 Å². The van der Waals surface area contributed by atoms with Gasteiger partial charge in [0.15, 0.2) is 5.13 Å². The molecule has 0 spiro atoms. The van der Waals surface area contributed by atoms with Gasteiger partial charge >= 0.3 is 0 Å². The summed E-state index contributed by atoms with van der Waals surface area (Å²) in [5, 5.41) is 3.37. The molecule has 1 aromatic carbocycles. The molecular formula is C24H24F3N5OS. The molecule has 0 radical (unpaired) electrons. The number of fused-ring (bicyclic) bond motifs is 1. The van der Waals surface area contributed by atoms with E-state index in [9.17, 15) is 18.0 Å². The molecule has 0 saturated carbocycles. The Labute approximate surface area is 199 Å². The number of halogens is 3. The molecule has 4 heterocycles. The molecule has 1 fully saturated rings. The summed E-state index contributed by atoms with van der Waals surface area (Å²) < 4.78 is 40.9. The van der Waals surface area contributed by atoms with Crippen LogP contribution in [0.5, 0.6) is 0 Å². The predicted octanol–water partition coefficient (Wildman–Crippen LogP) is 3.91. The molecule has 2 aromatic heterocycles. The fourth-order valence-electron chi connectivity index (χ4n) is 4.63. The number of benzene rings is 1. The van der Waals surface area contributed by atoms with Gasteiger partial charge in [-0.3, -0.25) is 14.7 Å². The molecule has 5 rings (SSSR count). The van der Waals surface area contributed by atoms with Gasteiger partial charge in [0.05, 0.1) is 24.6 Å². The summed E-state index contributed by atoms with van der Waals surface area (Å²) in [7, 11) is 0. The second kappa shape index (κ2) is 9.71. The minimum atomic E-state index is -0.798. The first-order valence-corrected chi connectivity index (χ1v) is 12.1. The van der Waals surface area contributed by atoms with Crippen LogP contribution in [-0.4, -0.2) is 46.5 Å². The summed E-state index contributed by atoms with van der Waals surface area (Å²) in [6.07, 6.45) is 5.19. The molecular weight excluding hydrogens is 463 g/mol. The Hall–Kier alpha value is -2.98. The number of anilines is 1. The Morgan fingerprint density at radius 2 is 1.91 bits per heavy atom. The van der Waals surface area contributed by atoms with Crippen molar-refractivity contribution in [3.8, 4) is 0 Å². The van der Waals surface area contributed by atoms with Crippen molar-refractivity contribution in [2.45, 2.75) is 38.4 Å². The van der Waals surface area contributed by atoms with Crippen LogP contribution < -0.4 is 10.2 Å². The van der Waals surface area contributed by atoms with Gasteiger partial charge in [0.1, 0.15) is 22.3 Å². The number of thiazole rings is 1. The largest absolute Gasteiger partial charge is 0.348 e. The van der Waals surface area contributed by atoms with E-state index in [0.717, 1.165) is 67.4 Å². The number of nitrogens with one attached hydrogen (secondary N) is 1. The molecule has 0 atom stereocenters. The van der Waals surface area contributed by atoms with E-state index < -0.39 is 11.6 Å². The smallest absolute Gasteiger partial charge is 0.263 e. The number of hydrogen-bond acceptors (Lipinski definition) is 6. The molecule has 178 valence electrons. The van der Waals surface area contributed by atoms with Gasteiger partial charge in [0, 0.05) is 43.9 Å². The fourth-order valence-corrected chi connectivity index (χ4v) is 5.52. The van der Waals surface area contributed by atoms with E-state index in [2.05, 4.69) is 25.1 Å². The van der Waals surface area contributed by atoms with Gasteiger partial charge in [-0.1, -0.05) is 23.5 Å². The Kier molecular flexibility index (Phi) is 6.51. The van der Waals surface area contributed by atoms with Gasteiger partial charge < -0.3 is 10.2 Å². The van der Waals surface area contributed by atoms with E-state index in [1.165, 1.54) is 23.6 Å². The molecule has 2 aliphatic heterocycles. The minimum Gasteiger partial charge on any atom is -0.348 e. The normalized spacial score (nSPS) is 17.0. The van der Waals surface area contributed by atoms with Crippen molar-refractivity contribution in [3.05, 3.63) is 75.8 Å². The Balaban J connectivity index is 1.15. The SMILES string of the molecule is O=C(NCc1ncc(F)cc1F)c1cnc(N2CCC(N3CCc4cccc(F)c4C3)CC2)s1. The number of nitrogens with zero attached hydrogens (tertiary/aromatic N) is 4. The molecule has 0 bridgehead atoms. The molecule has 0 aliphatic carbocycles. The zero-order chi connectivity index (χ0) is 23.7. The van der Waals surface area contributed by atoms with Crippen molar-refractivity contribution in [1.29, 1.82) is 0 Å². The molecule has 6 nitrogen and oxygen atoms in total. The summed E-state index contributed by atoms with van der Waals surface area (Å²) >= 11 is 1.28. The van der Waals surface area contributed by atoms with Gasteiger partial charge in [-0.2, -0.15) is 0 Å². The molecule has 1 saturated heterocycles. The van der Waals surface area contributed by atoms with Crippen LogP contribution in [0, 0.1) is 17.5 Å².